The van der Waals surface area contributed by atoms with Gasteiger partial charge in [0.2, 0.25) is 0 Å². The molecule has 1 amide bonds. The van der Waals surface area contributed by atoms with Crippen LogP contribution in [-0.2, 0) is 9.53 Å². The van der Waals surface area contributed by atoms with Crippen LogP contribution in [-0.4, -0.2) is 49.3 Å². The van der Waals surface area contributed by atoms with Crippen LogP contribution in [0, 0.1) is 0 Å². The van der Waals surface area contributed by atoms with Crippen LogP contribution in [0.1, 0.15) is 0 Å². The lowest BCUT2D eigenvalue weighted by Gasteiger charge is -2.16. The first-order chi connectivity index (χ1) is 8.00. The van der Waals surface area contributed by atoms with Crippen molar-refractivity contribution in [1.29, 1.82) is 0 Å². The maximum Gasteiger partial charge on any atom is 0.265 e. The minimum absolute atomic E-state index is 0.0501. The Bertz CT molecular complexity index is 338. The lowest BCUT2D eigenvalue weighted by atomic mass is 10.5. The molecule has 0 heterocycles. The molecule has 0 aliphatic carbocycles. The van der Waals surface area contributed by atoms with Gasteiger partial charge in [-0.3, -0.25) is 4.79 Å². The van der Waals surface area contributed by atoms with Gasteiger partial charge in [-0.2, -0.15) is 0 Å². The second-order valence-corrected chi connectivity index (χ2v) is 4.44. The zero-order valence-electron chi connectivity index (χ0n) is 9.14. The molecule has 0 saturated carbocycles. The van der Waals surface area contributed by atoms with Gasteiger partial charge in [0.15, 0.2) is 4.67 Å². The van der Waals surface area contributed by atoms with Gasteiger partial charge in [-0.15, -0.1) is 0 Å². The third kappa shape index (κ3) is 7.22. The Balaban J connectivity index is 3.87. The van der Waals surface area contributed by atoms with Crippen LogP contribution >= 0.6 is 31.9 Å². The van der Waals surface area contributed by atoms with Crippen molar-refractivity contribution in [3.63, 3.8) is 0 Å². The maximum atomic E-state index is 11.6. The summed E-state index contributed by atoms with van der Waals surface area (Å²) < 4.78 is 4.93. The van der Waals surface area contributed by atoms with E-state index in [1.54, 1.807) is 7.05 Å². The van der Waals surface area contributed by atoms with Gasteiger partial charge in [0.1, 0.15) is 4.48 Å². The van der Waals surface area contributed by atoms with Crippen molar-refractivity contribution in [1.82, 2.24) is 4.90 Å². The van der Waals surface area contributed by atoms with Gasteiger partial charge in [0.05, 0.1) is 13.2 Å². The zero-order valence-corrected chi connectivity index (χ0v) is 12.3. The van der Waals surface area contributed by atoms with Crippen molar-refractivity contribution in [2.24, 2.45) is 5.11 Å². The number of hydrogen-bond acceptors (Lipinski definition) is 4. The summed E-state index contributed by atoms with van der Waals surface area (Å²) >= 11 is 5.73. The first-order valence-electron chi connectivity index (χ1n) is 4.59. The van der Waals surface area contributed by atoms with E-state index in [1.807, 2.05) is 0 Å². The summed E-state index contributed by atoms with van der Waals surface area (Å²) in [6.07, 6.45) is 0. The summed E-state index contributed by atoms with van der Waals surface area (Å²) in [7, 11) is 1.58. The minimum Gasteiger partial charge on any atom is -0.501 e. The van der Waals surface area contributed by atoms with Crippen molar-refractivity contribution in [2.75, 3.05) is 33.4 Å². The first kappa shape index (κ1) is 16.2. The molecule has 0 atom stereocenters. The standard InChI is InChI=1S/C8H12Br2N4O3/c1-14(8(16)6(9)7(10)15)3-5-17-4-2-12-13-11/h15H,2-5H2,1H3/b7-6+. The number of halogens is 2. The van der Waals surface area contributed by atoms with E-state index < -0.39 is 0 Å². The highest BCUT2D eigenvalue weighted by atomic mass is 79.9. The van der Waals surface area contributed by atoms with Crippen LogP contribution in [0.15, 0.2) is 14.3 Å². The summed E-state index contributed by atoms with van der Waals surface area (Å²) in [5.74, 6) is -0.363. The predicted octanol–water partition coefficient (Wildman–Crippen LogP) is 2.29. The SMILES string of the molecule is CN(CCOCCN=[N+]=[N-])C(=O)/C(Br)=C(\O)Br. The smallest absolute Gasteiger partial charge is 0.265 e. The molecule has 7 nitrogen and oxygen atoms in total. The van der Waals surface area contributed by atoms with E-state index in [9.17, 15) is 4.79 Å². The summed E-state index contributed by atoms with van der Waals surface area (Å²) in [5.41, 5.74) is 8.01. The molecule has 0 aromatic heterocycles. The highest BCUT2D eigenvalue weighted by Gasteiger charge is 2.15. The fourth-order valence-electron chi connectivity index (χ4n) is 0.811. The molecule has 0 radical (unpaired) electrons. The van der Waals surface area contributed by atoms with Gasteiger partial charge < -0.3 is 14.7 Å². The highest BCUT2D eigenvalue weighted by Crippen LogP contribution is 2.17. The fraction of sp³-hybridized carbons (Fsp3) is 0.625. The van der Waals surface area contributed by atoms with Crippen LogP contribution < -0.4 is 0 Å². The molecule has 0 rings (SSSR count). The van der Waals surface area contributed by atoms with Gasteiger partial charge in [-0.05, 0) is 37.4 Å². The van der Waals surface area contributed by atoms with Crippen molar-refractivity contribution >= 4 is 37.8 Å². The monoisotopic (exact) mass is 370 g/mol. The van der Waals surface area contributed by atoms with Crippen LogP contribution in [0.3, 0.4) is 0 Å². The van der Waals surface area contributed by atoms with Crippen LogP contribution in [0.4, 0.5) is 0 Å². The van der Waals surface area contributed by atoms with Gasteiger partial charge in [-0.25, -0.2) is 0 Å². The summed E-state index contributed by atoms with van der Waals surface area (Å²) in [6.45, 7) is 1.27. The van der Waals surface area contributed by atoms with Crippen LogP contribution in [0.25, 0.3) is 10.4 Å². The highest BCUT2D eigenvalue weighted by molar-refractivity contribution is 9.14. The van der Waals surface area contributed by atoms with Gasteiger partial charge in [-0.1, -0.05) is 5.11 Å². The minimum atomic E-state index is -0.363. The fourth-order valence-corrected chi connectivity index (χ4v) is 1.28. The van der Waals surface area contributed by atoms with Gasteiger partial charge >= 0.3 is 0 Å². The van der Waals surface area contributed by atoms with E-state index in [1.165, 1.54) is 4.90 Å². The molecular formula is C8H12Br2N4O3. The molecule has 0 spiro atoms. The molecule has 0 fully saturated rings. The Morgan fingerprint density at radius 3 is 2.71 bits per heavy atom. The van der Waals surface area contributed by atoms with Crippen molar-refractivity contribution in [3.8, 4) is 0 Å². The number of nitrogens with zero attached hydrogens (tertiary/aromatic N) is 4. The Morgan fingerprint density at radius 1 is 1.53 bits per heavy atom. The van der Waals surface area contributed by atoms with E-state index in [-0.39, 0.29) is 21.6 Å². The molecular weight excluding hydrogens is 360 g/mol. The topological polar surface area (TPSA) is 98.5 Å². The van der Waals surface area contributed by atoms with Crippen molar-refractivity contribution < 1.29 is 14.6 Å². The maximum absolute atomic E-state index is 11.6. The molecule has 0 aromatic carbocycles. The largest absolute Gasteiger partial charge is 0.501 e. The van der Waals surface area contributed by atoms with E-state index in [0.29, 0.717) is 19.8 Å². The number of rotatable bonds is 7. The van der Waals surface area contributed by atoms with E-state index in [0.717, 1.165) is 0 Å². The number of aliphatic hydroxyl groups excluding tert-OH is 1. The second-order valence-electron chi connectivity index (χ2n) is 2.90. The first-order valence-corrected chi connectivity index (χ1v) is 6.17. The zero-order chi connectivity index (χ0) is 13.3. The molecule has 0 bridgehead atoms. The number of aliphatic hydroxyl groups is 1. The molecule has 0 aliphatic heterocycles. The third-order valence-electron chi connectivity index (χ3n) is 1.69. The Hall–Kier alpha value is -0.760. The van der Waals surface area contributed by atoms with Crippen LogP contribution in [0.5, 0.6) is 0 Å². The summed E-state index contributed by atoms with van der Waals surface area (Å²) in [6, 6.07) is 0. The van der Waals surface area contributed by atoms with Crippen molar-refractivity contribution in [3.05, 3.63) is 19.6 Å². The average molecular weight is 372 g/mol. The van der Waals surface area contributed by atoms with E-state index in [2.05, 4.69) is 41.9 Å². The number of carbonyl (C=O) groups is 1. The van der Waals surface area contributed by atoms with Crippen LogP contribution in [0.2, 0.25) is 0 Å². The molecule has 0 aliphatic rings. The predicted molar refractivity (Wildman–Crippen MR) is 70.0 cm³/mol. The molecule has 0 saturated heterocycles. The number of azide groups is 1. The Labute approximate surface area is 115 Å². The molecule has 96 valence electrons. The van der Waals surface area contributed by atoms with E-state index in [4.69, 9.17) is 15.4 Å². The number of likely N-dealkylation sites (N-methyl/N-ethyl adjacent to an activating group) is 1. The van der Waals surface area contributed by atoms with E-state index >= 15 is 0 Å². The molecule has 9 heteroatoms. The van der Waals surface area contributed by atoms with Gasteiger partial charge in [0.25, 0.3) is 5.91 Å². The number of hydrogen-bond donors (Lipinski definition) is 1. The Morgan fingerprint density at radius 2 is 2.18 bits per heavy atom. The third-order valence-corrected chi connectivity index (χ3v) is 3.33. The summed E-state index contributed by atoms with van der Waals surface area (Å²) in [5, 5.41) is 12.3. The molecule has 17 heavy (non-hydrogen) atoms. The lowest BCUT2D eigenvalue weighted by molar-refractivity contribution is -0.125. The molecule has 0 unspecified atom stereocenters. The lowest BCUT2D eigenvalue weighted by Crippen LogP contribution is -2.30. The Kier molecular flexibility index (Phi) is 8.87. The molecule has 1 N–H and O–H groups in total. The number of amides is 1. The van der Waals surface area contributed by atoms with Crippen molar-refractivity contribution in [2.45, 2.75) is 0 Å². The summed E-state index contributed by atoms with van der Waals surface area (Å²) in [4.78, 5) is 15.5. The average Bonchev–Trinajstić information content (AvgIpc) is 2.31. The van der Waals surface area contributed by atoms with Gasteiger partial charge in [0, 0.05) is 25.0 Å². The number of carbonyl (C=O) groups excluding carboxylic acids is 1. The number of ether oxygens (including phenoxy) is 1. The quantitative estimate of drug-likeness (QED) is 0.185. The molecule has 0 aromatic rings. The normalized spacial score (nSPS) is 11.5. The second kappa shape index (κ2) is 9.29.